The van der Waals surface area contributed by atoms with Crippen LogP contribution in [0.4, 0.5) is 0 Å². The first kappa shape index (κ1) is 19.1. The smallest absolute Gasteiger partial charge is 0.191 e. The molecule has 0 aromatic carbocycles. The fraction of sp³-hybridized carbons (Fsp3) is 0.833. The summed E-state index contributed by atoms with van der Waals surface area (Å²) in [5, 5.41) is 11.6. The minimum atomic E-state index is -0.173. The van der Waals surface area contributed by atoms with Crippen molar-refractivity contribution in [3.05, 3.63) is 11.6 Å². The summed E-state index contributed by atoms with van der Waals surface area (Å²) in [6, 6.07) is 0.295. The number of rotatable bonds is 5. The molecule has 0 aliphatic carbocycles. The van der Waals surface area contributed by atoms with Crippen LogP contribution in [0, 0.1) is 0 Å². The molecule has 3 rings (SSSR count). The maximum Gasteiger partial charge on any atom is 0.191 e. The summed E-state index contributed by atoms with van der Waals surface area (Å²) in [4.78, 5) is 9.04. The molecule has 1 saturated heterocycles. The molecule has 1 aromatic rings. The summed E-state index contributed by atoms with van der Waals surface area (Å²) in [5.74, 6) is 3.20. The lowest BCUT2D eigenvalue weighted by Gasteiger charge is -2.36. The van der Waals surface area contributed by atoms with Gasteiger partial charge in [-0.2, -0.15) is 5.10 Å². The number of aromatic nitrogens is 3. The van der Waals surface area contributed by atoms with Gasteiger partial charge in [-0.1, -0.05) is 13.8 Å². The van der Waals surface area contributed by atoms with Crippen LogP contribution < -0.4 is 10.6 Å². The van der Waals surface area contributed by atoms with Gasteiger partial charge >= 0.3 is 0 Å². The van der Waals surface area contributed by atoms with Gasteiger partial charge in [0.25, 0.3) is 0 Å². The number of nitrogens with one attached hydrogen (secondary N) is 2. The van der Waals surface area contributed by atoms with Crippen LogP contribution in [0.15, 0.2) is 4.99 Å². The van der Waals surface area contributed by atoms with Crippen molar-refractivity contribution in [1.82, 2.24) is 25.4 Å². The van der Waals surface area contributed by atoms with E-state index in [0.717, 1.165) is 69.6 Å². The van der Waals surface area contributed by atoms with Crippen molar-refractivity contribution in [1.29, 1.82) is 0 Å². The molecule has 2 aliphatic heterocycles. The van der Waals surface area contributed by atoms with Crippen LogP contribution in [-0.4, -0.2) is 66.3 Å². The summed E-state index contributed by atoms with van der Waals surface area (Å²) in [7, 11) is 3.59. The second kappa shape index (κ2) is 8.35. The average molecular weight is 364 g/mol. The number of methoxy groups -OCH3 is 1. The van der Waals surface area contributed by atoms with E-state index >= 15 is 0 Å². The largest absolute Gasteiger partial charge is 0.381 e. The Bertz CT molecular complexity index is 621. The maximum atomic E-state index is 5.79. The third-order valence-electron chi connectivity index (χ3n) is 5.37. The Morgan fingerprint density at radius 3 is 2.85 bits per heavy atom. The molecule has 1 atom stereocenters. The standard InChI is InChI=1S/C18H32N6O2/c1-13(2)16-22-15-6-5-14(11-24(15)23-16)21-17(19-3)20-12-18(25-4)7-9-26-10-8-18/h13-14H,5-12H2,1-4H3,(H2,19,20,21). The average Bonchev–Trinajstić information content (AvgIpc) is 3.09. The van der Waals surface area contributed by atoms with Crippen molar-refractivity contribution in [2.24, 2.45) is 4.99 Å². The third-order valence-corrected chi connectivity index (χ3v) is 5.37. The maximum absolute atomic E-state index is 5.79. The van der Waals surface area contributed by atoms with Gasteiger partial charge in [0.15, 0.2) is 11.8 Å². The van der Waals surface area contributed by atoms with Gasteiger partial charge in [-0.25, -0.2) is 9.67 Å². The van der Waals surface area contributed by atoms with E-state index in [1.165, 1.54) is 0 Å². The molecule has 0 radical (unpaired) electrons. The molecule has 1 fully saturated rings. The SMILES string of the molecule is CN=C(NCC1(OC)CCOCC1)NC1CCc2nc(C(C)C)nn2C1. The monoisotopic (exact) mass is 364 g/mol. The molecule has 2 aliphatic rings. The lowest BCUT2D eigenvalue weighted by Crippen LogP contribution is -2.53. The van der Waals surface area contributed by atoms with Crippen molar-refractivity contribution in [2.45, 2.75) is 63.6 Å². The predicted octanol–water partition coefficient (Wildman–Crippen LogP) is 1.08. The summed E-state index contributed by atoms with van der Waals surface area (Å²) in [5.41, 5.74) is -0.173. The highest BCUT2D eigenvalue weighted by molar-refractivity contribution is 5.80. The van der Waals surface area contributed by atoms with Gasteiger partial charge in [-0.3, -0.25) is 4.99 Å². The van der Waals surface area contributed by atoms with E-state index in [2.05, 4.69) is 39.6 Å². The summed E-state index contributed by atoms with van der Waals surface area (Å²) < 4.78 is 13.3. The summed E-state index contributed by atoms with van der Waals surface area (Å²) in [6.07, 6.45) is 3.77. The van der Waals surface area contributed by atoms with Gasteiger partial charge in [0.1, 0.15) is 5.82 Å². The molecule has 26 heavy (non-hydrogen) atoms. The van der Waals surface area contributed by atoms with Crippen LogP contribution in [0.3, 0.4) is 0 Å². The molecule has 1 aromatic heterocycles. The molecule has 8 heteroatoms. The predicted molar refractivity (Wildman–Crippen MR) is 101 cm³/mol. The topological polar surface area (TPSA) is 85.6 Å². The second-order valence-electron chi connectivity index (χ2n) is 7.53. The van der Waals surface area contributed by atoms with Crippen LogP contribution in [0.5, 0.6) is 0 Å². The minimum Gasteiger partial charge on any atom is -0.381 e. The molecule has 146 valence electrons. The van der Waals surface area contributed by atoms with Crippen molar-refractivity contribution >= 4 is 5.96 Å². The zero-order chi connectivity index (χ0) is 18.6. The van der Waals surface area contributed by atoms with Gasteiger partial charge in [-0.15, -0.1) is 0 Å². The van der Waals surface area contributed by atoms with E-state index in [0.29, 0.717) is 12.0 Å². The van der Waals surface area contributed by atoms with Crippen LogP contribution >= 0.6 is 0 Å². The Labute approximate surface area is 155 Å². The van der Waals surface area contributed by atoms with Gasteiger partial charge in [0, 0.05) is 65.1 Å². The van der Waals surface area contributed by atoms with Gasteiger partial charge < -0.3 is 20.1 Å². The van der Waals surface area contributed by atoms with E-state index < -0.39 is 0 Å². The molecule has 1 unspecified atom stereocenters. The molecule has 0 spiro atoms. The van der Waals surface area contributed by atoms with Crippen LogP contribution in [0.25, 0.3) is 0 Å². The lowest BCUT2D eigenvalue weighted by molar-refractivity contribution is -0.0855. The Morgan fingerprint density at radius 2 is 2.19 bits per heavy atom. The number of hydrogen-bond donors (Lipinski definition) is 2. The molecule has 0 amide bonds. The molecule has 2 N–H and O–H groups in total. The van der Waals surface area contributed by atoms with E-state index in [-0.39, 0.29) is 5.60 Å². The highest BCUT2D eigenvalue weighted by atomic mass is 16.5. The van der Waals surface area contributed by atoms with Gasteiger partial charge in [0.05, 0.1) is 12.1 Å². The first-order chi connectivity index (χ1) is 12.5. The highest BCUT2D eigenvalue weighted by Crippen LogP contribution is 2.23. The Morgan fingerprint density at radius 1 is 1.42 bits per heavy atom. The van der Waals surface area contributed by atoms with E-state index in [4.69, 9.17) is 9.47 Å². The Kier molecular flexibility index (Phi) is 6.13. The zero-order valence-corrected chi connectivity index (χ0v) is 16.4. The van der Waals surface area contributed by atoms with Crippen molar-refractivity contribution in [2.75, 3.05) is 33.9 Å². The number of fused-ring (bicyclic) bond motifs is 1. The van der Waals surface area contributed by atoms with E-state index in [1.807, 2.05) is 4.68 Å². The molecular formula is C18H32N6O2. The second-order valence-corrected chi connectivity index (χ2v) is 7.53. The van der Waals surface area contributed by atoms with Crippen molar-refractivity contribution < 1.29 is 9.47 Å². The highest BCUT2D eigenvalue weighted by Gasteiger charge is 2.33. The molecule has 3 heterocycles. The number of aryl methyl sites for hydroxylation is 1. The van der Waals surface area contributed by atoms with Crippen molar-refractivity contribution in [3.63, 3.8) is 0 Å². The van der Waals surface area contributed by atoms with Gasteiger partial charge in [-0.05, 0) is 6.42 Å². The van der Waals surface area contributed by atoms with E-state index in [9.17, 15) is 0 Å². The molecule has 0 bridgehead atoms. The van der Waals surface area contributed by atoms with Crippen LogP contribution in [0.1, 0.15) is 50.7 Å². The Balaban J connectivity index is 1.55. The fourth-order valence-corrected chi connectivity index (χ4v) is 3.52. The normalized spacial score (nSPS) is 23.0. The number of nitrogens with zero attached hydrogens (tertiary/aromatic N) is 4. The van der Waals surface area contributed by atoms with E-state index in [1.54, 1.807) is 14.2 Å². The fourth-order valence-electron chi connectivity index (χ4n) is 3.52. The number of hydrogen-bond acceptors (Lipinski definition) is 5. The quantitative estimate of drug-likeness (QED) is 0.601. The molecular weight excluding hydrogens is 332 g/mol. The first-order valence-corrected chi connectivity index (χ1v) is 9.59. The molecule has 8 nitrogen and oxygen atoms in total. The minimum absolute atomic E-state index is 0.173. The summed E-state index contributed by atoms with van der Waals surface area (Å²) >= 11 is 0. The number of ether oxygens (including phenoxy) is 2. The van der Waals surface area contributed by atoms with Gasteiger partial charge in [0.2, 0.25) is 0 Å². The van der Waals surface area contributed by atoms with Crippen LogP contribution in [0.2, 0.25) is 0 Å². The number of guanidine groups is 1. The lowest BCUT2D eigenvalue weighted by atomic mass is 9.94. The number of aliphatic imine (C=N–C) groups is 1. The third kappa shape index (κ3) is 4.35. The Hall–Kier alpha value is -1.67. The molecule has 0 saturated carbocycles. The first-order valence-electron chi connectivity index (χ1n) is 9.59. The van der Waals surface area contributed by atoms with Crippen LogP contribution in [-0.2, 0) is 22.4 Å². The zero-order valence-electron chi connectivity index (χ0n) is 16.4. The van der Waals surface area contributed by atoms with Crippen molar-refractivity contribution in [3.8, 4) is 0 Å². The summed E-state index contributed by atoms with van der Waals surface area (Å²) in [6.45, 7) is 7.30.